The van der Waals surface area contributed by atoms with E-state index in [2.05, 4.69) is 5.32 Å². The first-order valence-electron chi connectivity index (χ1n) is 7.17. The lowest BCUT2D eigenvalue weighted by Gasteiger charge is -2.04. The second-order valence-corrected chi connectivity index (χ2v) is 5.21. The van der Waals surface area contributed by atoms with Gasteiger partial charge in [0, 0.05) is 12.1 Å². The van der Waals surface area contributed by atoms with E-state index in [4.69, 9.17) is 9.47 Å². The molecule has 1 N–H and O–H groups in total. The van der Waals surface area contributed by atoms with Gasteiger partial charge in [-0.15, -0.1) is 0 Å². The van der Waals surface area contributed by atoms with Gasteiger partial charge < -0.3 is 14.8 Å². The molecular formula is C17H14N2O5. The molecule has 2 aromatic carbocycles. The molecule has 2 aromatic rings. The van der Waals surface area contributed by atoms with E-state index in [0.717, 1.165) is 11.1 Å². The van der Waals surface area contributed by atoms with E-state index in [1.165, 1.54) is 18.2 Å². The highest BCUT2D eigenvalue weighted by molar-refractivity contribution is 6.03. The van der Waals surface area contributed by atoms with Crippen LogP contribution in [-0.2, 0) is 4.79 Å². The molecule has 1 aliphatic rings. The minimum absolute atomic E-state index is 0.139. The van der Waals surface area contributed by atoms with Gasteiger partial charge in [-0.2, -0.15) is 0 Å². The van der Waals surface area contributed by atoms with Crippen molar-refractivity contribution in [1.82, 2.24) is 0 Å². The van der Waals surface area contributed by atoms with Crippen molar-refractivity contribution in [2.45, 2.75) is 6.92 Å². The van der Waals surface area contributed by atoms with E-state index in [0.29, 0.717) is 11.5 Å². The lowest BCUT2D eigenvalue weighted by atomic mass is 10.1. The first kappa shape index (κ1) is 15.5. The molecule has 24 heavy (non-hydrogen) atoms. The number of fused-ring (bicyclic) bond motifs is 1. The summed E-state index contributed by atoms with van der Waals surface area (Å²) in [7, 11) is 0. The maximum Gasteiger partial charge on any atom is 0.293 e. The number of carbonyl (C=O) groups is 1. The Balaban J connectivity index is 1.73. The molecule has 0 radical (unpaired) electrons. The Hall–Kier alpha value is -3.35. The van der Waals surface area contributed by atoms with Crippen molar-refractivity contribution in [2.24, 2.45) is 0 Å². The second-order valence-electron chi connectivity index (χ2n) is 5.21. The van der Waals surface area contributed by atoms with Crippen molar-refractivity contribution >= 4 is 23.4 Å². The number of nitro benzene ring substituents is 1. The van der Waals surface area contributed by atoms with E-state index in [-0.39, 0.29) is 18.2 Å². The number of hydrogen-bond acceptors (Lipinski definition) is 5. The lowest BCUT2D eigenvalue weighted by Crippen LogP contribution is -2.09. The minimum Gasteiger partial charge on any atom is -0.454 e. The Morgan fingerprint density at radius 3 is 2.79 bits per heavy atom. The van der Waals surface area contributed by atoms with Crippen LogP contribution in [0.15, 0.2) is 42.5 Å². The summed E-state index contributed by atoms with van der Waals surface area (Å²) in [6, 6.07) is 9.91. The predicted octanol–water partition coefficient (Wildman–Crippen LogP) is 3.28. The van der Waals surface area contributed by atoms with E-state index in [1.807, 2.05) is 0 Å². The number of amides is 1. The molecule has 1 amide bonds. The summed E-state index contributed by atoms with van der Waals surface area (Å²) < 4.78 is 10.5. The Bertz CT molecular complexity index is 845. The first-order chi connectivity index (χ1) is 11.5. The molecule has 0 bridgehead atoms. The van der Waals surface area contributed by atoms with Gasteiger partial charge in [-0.25, -0.2) is 0 Å². The monoisotopic (exact) mass is 326 g/mol. The van der Waals surface area contributed by atoms with Gasteiger partial charge in [0.05, 0.1) is 4.92 Å². The van der Waals surface area contributed by atoms with Crippen LogP contribution < -0.4 is 14.8 Å². The summed E-state index contributed by atoms with van der Waals surface area (Å²) >= 11 is 0. The topological polar surface area (TPSA) is 90.7 Å². The third kappa shape index (κ3) is 3.35. The lowest BCUT2D eigenvalue weighted by molar-refractivity contribution is -0.384. The molecule has 0 aliphatic carbocycles. The third-order valence-electron chi connectivity index (χ3n) is 3.43. The second kappa shape index (κ2) is 6.41. The number of rotatable bonds is 4. The Morgan fingerprint density at radius 1 is 1.21 bits per heavy atom. The summed E-state index contributed by atoms with van der Waals surface area (Å²) in [5.74, 6) is 0.818. The number of nitrogens with zero attached hydrogens (tertiary/aromatic N) is 1. The molecule has 0 unspecified atom stereocenters. The summed E-state index contributed by atoms with van der Waals surface area (Å²) in [6.45, 7) is 1.93. The highest BCUT2D eigenvalue weighted by atomic mass is 16.7. The number of anilines is 1. The molecule has 0 fully saturated rings. The maximum atomic E-state index is 12.0. The molecule has 3 rings (SSSR count). The van der Waals surface area contributed by atoms with E-state index >= 15 is 0 Å². The predicted molar refractivity (Wildman–Crippen MR) is 88.1 cm³/mol. The van der Waals surface area contributed by atoms with Crippen LogP contribution in [0.1, 0.15) is 11.1 Å². The molecular weight excluding hydrogens is 312 g/mol. The summed E-state index contributed by atoms with van der Waals surface area (Å²) in [5, 5.41) is 13.6. The number of carbonyl (C=O) groups excluding carboxylic acids is 1. The summed E-state index contributed by atoms with van der Waals surface area (Å²) in [4.78, 5) is 22.5. The Kier molecular flexibility index (Phi) is 4.15. The van der Waals surface area contributed by atoms with Gasteiger partial charge in [0.25, 0.3) is 5.69 Å². The van der Waals surface area contributed by atoms with Crippen LogP contribution in [0.5, 0.6) is 11.5 Å². The quantitative estimate of drug-likeness (QED) is 0.529. The zero-order valence-corrected chi connectivity index (χ0v) is 12.8. The van der Waals surface area contributed by atoms with Gasteiger partial charge in [-0.05, 0) is 42.3 Å². The van der Waals surface area contributed by atoms with Crippen LogP contribution in [0.25, 0.3) is 6.08 Å². The van der Waals surface area contributed by atoms with Crippen LogP contribution in [0.2, 0.25) is 0 Å². The first-order valence-corrected chi connectivity index (χ1v) is 7.17. The maximum absolute atomic E-state index is 12.0. The van der Waals surface area contributed by atoms with Crippen LogP contribution in [-0.4, -0.2) is 17.6 Å². The van der Waals surface area contributed by atoms with Crippen molar-refractivity contribution in [1.29, 1.82) is 0 Å². The minimum atomic E-state index is -0.524. The van der Waals surface area contributed by atoms with E-state index in [1.54, 1.807) is 37.3 Å². The highest BCUT2D eigenvalue weighted by Gasteiger charge is 2.15. The highest BCUT2D eigenvalue weighted by Crippen LogP contribution is 2.32. The van der Waals surface area contributed by atoms with Gasteiger partial charge in [-0.3, -0.25) is 14.9 Å². The number of aryl methyl sites for hydroxylation is 1. The largest absolute Gasteiger partial charge is 0.454 e. The fourth-order valence-corrected chi connectivity index (χ4v) is 2.26. The Morgan fingerprint density at radius 2 is 2.00 bits per heavy atom. The van der Waals surface area contributed by atoms with Crippen molar-refractivity contribution in [2.75, 3.05) is 12.1 Å². The number of hydrogen-bond donors (Lipinski definition) is 1. The number of benzene rings is 2. The molecule has 1 aliphatic heterocycles. The van der Waals surface area contributed by atoms with Crippen LogP contribution in [0.4, 0.5) is 11.4 Å². The molecule has 0 atom stereocenters. The van der Waals surface area contributed by atoms with Gasteiger partial charge in [0.1, 0.15) is 5.69 Å². The third-order valence-corrected chi connectivity index (χ3v) is 3.43. The summed E-state index contributed by atoms with van der Waals surface area (Å²) in [5.41, 5.74) is 1.52. The van der Waals surface area contributed by atoms with Crippen molar-refractivity contribution < 1.29 is 19.2 Å². The van der Waals surface area contributed by atoms with Crippen molar-refractivity contribution in [3.8, 4) is 11.5 Å². The zero-order valence-electron chi connectivity index (χ0n) is 12.8. The van der Waals surface area contributed by atoms with E-state index in [9.17, 15) is 14.9 Å². The average Bonchev–Trinajstić information content (AvgIpc) is 3.02. The molecule has 122 valence electrons. The van der Waals surface area contributed by atoms with Gasteiger partial charge in [0.2, 0.25) is 12.7 Å². The molecule has 0 spiro atoms. The van der Waals surface area contributed by atoms with Gasteiger partial charge in [0.15, 0.2) is 11.5 Å². The number of nitro groups is 1. The summed E-state index contributed by atoms with van der Waals surface area (Å²) in [6.07, 6.45) is 2.90. The molecule has 1 heterocycles. The van der Waals surface area contributed by atoms with Gasteiger partial charge >= 0.3 is 0 Å². The zero-order chi connectivity index (χ0) is 17.1. The molecule has 7 heteroatoms. The van der Waals surface area contributed by atoms with Crippen molar-refractivity contribution in [3.63, 3.8) is 0 Å². The van der Waals surface area contributed by atoms with Crippen molar-refractivity contribution in [3.05, 3.63) is 63.7 Å². The fourth-order valence-electron chi connectivity index (χ4n) is 2.26. The molecule has 7 nitrogen and oxygen atoms in total. The van der Waals surface area contributed by atoms with Crippen LogP contribution in [0, 0.1) is 17.0 Å². The Labute approximate surface area is 137 Å². The fraction of sp³-hybridized carbons (Fsp3) is 0.118. The number of ether oxygens (including phenoxy) is 2. The smallest absolute Gasteiger partial charge is 0.293 e. The average molecular weight is 326 g/mol. The normalized spacial score (nSPS) is 12.4. The van der Waals surface area contributed by atoms with Crippen LogP contribution in [0.3, 0.4) is 0 Å². The SMILES string of the molecule is Cc1ccc(NC(=O)/C=C/c2ccc3c(c2)OCO3)c([N+](=O)[O-])c1. The number of nitrogens with one attached hydrogen (secondary N) is 1. The molecule has 0 saturated carbocycles. The molecule has 0 saturated heterocycles. The van der Waals surface area contributed by atoms with E-state index < -0.39 is 10.8 Å². The van der Waals surface area contributed by atoms with Gasteiger partial charge in [-0.1, -0.05) is 12.1 Å². The van der Waals surface area contributed by atoms with Crippen LogP contribution >= 0.6 is 0 Å². The standard InChI is InChI=1S/C17H14N2O5/c1-11-2-5-13(14(8-11)19(21)22)18-17(20)7-4-12-3-6-15-16(9-12)24-10-23-15/h2-9H,10H2,1H3,(H,18,20)/b7-4+. The molecule has 0 aromatic heterocycles.